The first kappa shape index (κ1) is 24.8. The molecule has 0 aliphatic carbocycles. The lowest BCUT2D eigenvalue weighted by atomic mass is 10.0. The van der Waals surface area contributed by atoms with Gasteiger partial charge < -0.3 is 15.0 Å². The highest BCUT2D eigenvalue weighted by Crippen LogP contribution is 2.32. The monoisotopic (exact) mass is 493 g/mol. The highest BCUT2D eigenvalue weighted by Gasteiger charge is 2.29. The van der Waals surface area contributed by atoms with Crippen LogP contribution in [0.2, 0.25) is 0 Å². The number of benzene rings is 3. The molecule has 1 atom stereocenters. The van der Waals surface area contributed by atoms with Crippen molar-refractivity contribution < 1.29 is 17.9 Å². The maximum absolute atomic E-state index is 13.5. The summed E-state index contributed by atoms with van der Waals surface area (Å²) in [7, 11) is 1.70. The van der Waals surface area contributed by atoms with Crippen molar-refractivity contribution in [2.75, 3.05) is 38.6 Å². The third kappa shape index (κ3) is 5.18. The Morgan fingerprint density at radius 2 is 1.80 bits per heavy atom. The van der Waals surface area contributed by atoms with E-state index in [1.54, 1.807) is 25.3 Å². The van der Waals surface area contributed by atoms with Gasteiger partial charge in [0.05, 0.1) is 23.7 Å². The van der Waals surface area contributed by atoms with Gasteiger partial charge in [0.15, 0.2) is 0 Å². The van der Waals surface area contributed by atoms with Gasteiger partial charge in [-0.2, -0.15) is 0 Å². The number of methoxy groups -OCH3 is 1. The SMILES string of the molecule is COc1ccccc1[C@H](CNC(=O)c1cccc(S(=O)(=O)N2CCCc3ccccc32)c1)N(C)C. The van der Waals surface area contributed by atoms with Crippen molar-refractivity contribution in [2.24, 2.45) is 0 Å². The summed E-state index contributed by atoms with van der Waals surface area (Å²) < 4.78 is 34.0. The summed E-state index contributed by atoms with van der Waals surface area (Å²) in [4.78, 5) is 15.2. The van der Waals surface area contributed by atoms with Gasteiger partial charge >= 0.3 is 0 Å². The summed E-state index contributed by atoms with van der Waals surface area (Å²) in [5.74, 6) is 0.415. The fraction of sp³-hybridized carbons (Fsp3) is 0.296. The first-order valence-electron chi connectivity index (χ1n) is 11.6. The summed E-state index contributed by atoms with van der Waals surface area (Å²) >= 11 is 0. The maximum Gasteiger partial charge on any atom is 0.264 e. The molecule has 1 N–H and O–H groups in total. The number of likely N-dealkylation sites (N-methyl/N-ethyl adjacent to an activating group) is 1. The standard InChI is InChI=1S/C27H31N3O4S/c1-29(2)25(23-14-5-7-16-26(23)34-3)19-28-27(31)21-11-8-13-22(18-21)35(32,33)30-17-9-12-20-10-4-6-15-24(20)30/h4-8,10-11,13-16,18,25H,9,12,17,19H2,1-3H3,(H,28,31)/t25-/m0/s1. The van der Waals surface area contributed by atoms with Crippen LogP contribution in [0.1, 0.15) is 33.9 Å². The van der Waals surface area contributed by atoms with Crippen LogP contribution in [0.15, 0.2) is 77.7 Å². The highest BCUT2D eigenvalue weighted by molar-refractivity contribution is 7.92. The zero-order chi connectivity index (χ0) is 25.0. The van der Waals surface area contributed by atoms with Gasteiger partial charge in [0.1, 0.15) is 5.75 Å². The minimum atomic E-state index is -3.80. The van der Waals surface area contributed by atoms with Gasteiger partial charge in [-0.3, -0.25) is 9.10 Å². The first-order valence-corrected chi connectivity index (χ1v) is 13.0. The normalized spacial score (nSPS) is 14.3. The Morgan fingerprint density at radius 3 is 2.57 bits per heavy atom. The fourth-order valence-corrected chi connectivity index (χ4v) is 6.07. The second kappa shape index (κ2) is 10.5. The molecule has 0 saturated carbocycles. The van der Waals surface area contributed by atoms with E-state index < -0.39 is 10.0 Å². The van der Waals surface area contributed by atoms with Gasteiger partial charge in [-0.05, 0) is 62.8 Å². The highest BCUT2D eigenvalue weighted by atomic mass is 32.2. The summed E-state index contributed by atoms with van der Waals surface area (Å²) in [6.45, 7) is 0.752. The molecular formula is C27H31N3O4S. The number of hydrogen-bond donors (Lipinski definition) is 1. The van der Waals surface area contributed by atoms with E-state index in [1.165, 1.54) is 10.4 Å². The number of para-hydroxylation sites is 2. The number of ether oxygens (including phenoxy) is 1. The number of sulfonamides is 1. The maximum atomic E-state index is 13.5. The van der Waals surface area contributed by atoms with Gasteiger partial charge in [0, 0.05) is 24.2 Å². The van der Waals surface area contributed by atoms with Gasteiger partial charge in [-0.15, -0.1) is 0 Å². The van der Waals surface area contributed by atoms with Crippen molar-refractivity contribution in [3.05, 3.63) is 89.5 Å². The van der Waals surface area contributed by atoms with Gasteiger partial charge in [-0.25, -0.2) is 8.42 Å². The minimum absolute atomic E-state index is 0.107. The molecule has 3 aromatic carbocycles. The number of fused-ring (bicyclic) bond motifs is 1. The number of carbonyl (C=O) groups excluding carboxylic acids is 1. The van der Waals surface area contributed by atoms with Crippen LogP contribution in [-0.2, 0) is 16.4 Å². The molecule has 1 aliphatic heterocycles. The summed E-state index contributed by atoms with van der Waals surface area (Å²) in [6, 6.07) is 21.4. The second-order valence-electron chi connectivity index (χ2n) is 8.77. The molecule has 0 bridgehead atoms. The average Bonchev–Trinajstić information content (AvgIpc) is 2.88. The predicted octanol–water partition coefficient (Wildman–Crippen LogP) is 3.87. The van der Waals surface area contributed by atoms with Crippen molar-refractivity contribution in [1.82, 2.24) is 10.2 Å². The molecule has 0 unspecified atom stereocenters. The number of nitrogens with one attached hydrogen (secondary N) is 1. The predicted molar refractivity (Wildman–Crippen MR) is 137 cm³/mol. The van der Waals surface area contributed by atoms with E-state index in [2.05, 4.69) is 5.32 Å². The number of anilines is 1. The van der Waals surface area contributed by atoms with E-state index in [9.17, 15) is 13.2 Å². The lowest BCUT2D eigenvalue weighted by Gasteiger charge is -2.30. The summed E-state index contributed by atoms with van der Waals surface area (Å²) in [6.07, 6.45) is 1.61. The molecule has 1 amide bonds. The van der Waals surface area contributed by atoms with E-state index in [1.807, 2.05) is 67.5 Å². The Bertz CT molecular complexity index is 1310. The molecule has 3 aromatic rings. The largest absolute Gasteiger partial charge is 0.496 e. The van der Waals surface area contributed by atoms with Crippen molar-refractivity contribution in [2.45, 2.75) is 23.8 Å². The second-order valence-corrected chi connectivity index (χ2v) is 10.6. The number of aryl methyl sites for hydroxylation is 1. The van der Waals surface area contributed by atoms with Crippen LogP contribution in [0.4, 0.5) is 5.69 Å². The molecule has 0 fully saturated rings. The zero-order valence-electron chi connectivity index (χ0n) is 20.3. The Hall–Kier alpha value is -3.36. The number of carbonyl (C=O) groups is 1. The smallest absolute Gasteiger partial charge is 0.264 e. The van der Waals surface area contributed by atoms with Crippen LogP contribution in [0.3, 0.4) is 0 Å². The number of rotatable bonds is 8. The molecule has 8 heteroatoms. The van der Waals surface area contributed by atoms with Gasteiger partial charge in [0.2, 0.25) is 0 Å². The molecule has 184 valence electrons. The Kier molecular flexibility index (Phi) is 7.42. The Labute approximate surface area is 207 Å². The zero-order valence-corrected chi connectivity index (χ0v) is 21.1. The molecule has 0 saturated heterocycles. The minimum Gasteiger partial charge on any atom is -0.496 e. The summed E-state index contributed by atoms with van der Waals surface area (Å²) in [5, 5.41) is 2.96. The third-order valence-corrected chi connectivity index (χ3v) is 8.14. The molecule has 7 nitrogen and oxygen atoms in total. The lowest BCUT2D eigenvalue weighted by molar-refractivity contribution is 0.0941. The van der Waals surface area contributed by atoms with Crippen LogP contribution >= 0.6 is 0 Å². The Morgan fingerprint density at radius 1 is 1.06 bits per heavy atom. The first-order chi connectivity index (χ1) is 16.8. The Balaban J connectivity index is 1.54. The van der Waals surface area contributed by atoms with Crippen LogP contribution in [0, 0.1) is 0 Å². The molecule has 1 aliphatic rings. The van der Waals surface area contributed by atoms with E-state index in [0.29, 0.717) is 24.3 Å². The van der Waals surface area contributed by atoms with Crippen molar-refractivity contribution in [3.63, 3.8) is 0 Å². The molecule has 35 heavy (non-hydrogen) atoms. The third-order valence-electron chi connectivity index (χ3n) is 6.33. The quantitative estimate of drug-likeness (QED) is 0.515. The molecule has 1 heterocycles. The van der Waals surface area contributed by atoms with Crippen molar-refractivity contribution in [1.29, 1.82) is 0 Å². The molecule has 0 spiro atoms. The van der Waals surface area contributed by atoms with Crippen LogP contribution in [0.5, 0.6) is 5.75 Å². The van der Waals surface area contributed by atoms with Gasteiger partial charge in [0.25, 0.3) is 15.9 Å². The number of nitrogens with zero attached hydrogens (tertiary/aromatic N) is 2. The van der Waals surface area contributed by atoms with Crippen molar-refractivity contribution >= 4 is 21.6 Å². The van der Waals surface area contributed by atoms with E-state index >= 15 is 0 Å². The topological polar surface area (TPSA) is 78.9 Å². The van der Waals surface area contributed by atoms with Crippen LogP contribution in [-0.4, -0.2) is 53.5 Å². The fourth-order valence-electron chi connectivity index (χ4n) is 4.48. The van der Waals surface area contributed by atoms with Crippen molar-refractivity contribution in [3.8, 4) is 5.75 Å². The summed E-state index contributed by atoms with van der Waals surface area (Å²) in [5.41, 5.74) is 2.98. The average molecular weight is 494 g/mol. The van der Waals surface area contributed by atoms with Crippen LogP contribution in [0.25, 0.3) is 0 Å². The lowest BCUT2D eigenvalue weighted by Crippen LogP contribution is -2.36. The van der Waals surface area contributed by atoms with E-state index in [0.717, 1.165) is 29.7 Å². The molecule has 0 radical (unpaired) electrons. The van der Waals surface area contributed by atoms with Crippen LogP contribution < -0.4 is 14.4 Å². The van der Waals surface area contributed by atoms with Gasteiger partial charge in [-0.1, -0.05) is 42.5 Å². The molecule has 4 rings (SSSR count). The van der Waals surface area contributed by atoms with E-state index in [-0.39, 0.29) is 16.8 Å². The van der Waals surface area contributed by atoms with E-state index in [4.69, 9.17) is 4.74 Å². The molecular weight excluding hydrogens is 462 g/mol. The molecule has 0 aromatic heterocycles. The number of amides is 1. The number of hydrogen-bond acceptors (Lipinski definition) is 5.